The van der Waals surface area contributed by atoms with Crippen molar-refractivity contribution >= 4 is 41.3 Å². The van der Waals surface area contributed by atoms with Crippen LogP contribution in [0.4, 0.5) is 0 Å². The maximum atomic E-state index is 4.75. The highest BCUT2D eigenvalue weighted by molar-refractivity contribution is 14.0. The Morgan fingerprint density at radius 3 is 2.55 bits per heavy atom. The van der Waals surface area contributed by atoms with Crippen molar-refractivity contribution in [3.63, 3.8) is 0 Å². The van der Waals surface area contributed by atoms with Gasteiger partial charge in [-0.3, -0.25) is 4.99 Å². The minimum absolute atomic E-state index is 0. The summed E-state index contributed by atoms with van der Waals surface area (Å²) in [6.07, 6.45) is 6.00. The third kappa shape index (κ3) is 5.20. The molecule has 2 rings (SSSR count). The van der Waals surface area contributed by atoms with Gasteiger partial charge in [0.2, 0.25) is 0 Å². The van der Waals surface area contributed by atoms with E-state index in [1.54, 1.807) is 0 Å². The maximum Gasteiger partial charge on any atom is 0.191 e. The number of guanidine groups is 1. The fourth-order valence-electron chi connectivity index (χ4n) is 2.28. The quantitative estimate of drug-likeness (QED) is 0.448. The zero-order valence-electron chi connectivity index (χ0n) is 12.4. The van der Waals surface area contributed by atoms with Crippen LogP contribution in [0.25, 0.3) is 0 Å². The number of fused-ring (bicyclic) bond motifs is 1. The largest absolute Gasteiger partial charge is 0.357 e. The maximum absolute atomic E-state index is 4.75. The Morgan fingerprint density at radius 2 is 1.90 bits per heavy atom. The molecule has 1 aliphatic carbocycles. The van der Waals surface area contributed by atoms with Crippen LogP contribution in [0.1, 0.15) is 42.3 Å². The van der Waals surface area contributed by atoms with Crippen molar-refractivity contribution in [1.29, 1.82) is 0 Å². The van der Waals surface area contributed by atoms with Crippen LogP contribution in [0.2, 0.25) is 0 Å². The molecule has 1 aliphatic rings. The number of thiazole rings is 1. The Hall–Kier alpha value is -0.370. The van der Waals surface area contributed by atoms with Crippen LogP contribution in [0.15, 0.2) is 4.99 Å². The number of hydrogen-bond donors (Lipinski definition) is 2. The van der Waals surface area contributed by atoms with Gasteiger partial charge in [0, 0.05) is 30.9 Å². The summed E-state index contributed by atoms with van der Waals surface area (Å²) >= 11 is 1.89. The highest BCUT2D eigenvalue weighted by atomic mass is 127. The molecule has 0 amide bonds. The highest BCUT2D eigenvalue weighted by Gasteiger charge is 2.14. The minimum Gasteiger partial charge on any atom is -0.357 e. The average molecular weight is 408 g/mol. The topological polar surface area (TPSA) is 49.3 Å². The molecule has 0 spiro atoms. The lowest BCUT2D eigenvalue weighted by molar-refractivity contribution is 0.680. The van der Waals surface area contributed by atoms with Gasteiger partial charge in [0.1, 0.15) is 0 Å². The van der Waals surface area contributed by atoms with E-state index >= 15 is 0 Å². The van der Waals surface area contributed by atoms with E-state index in [9.17, 15) is 0 Å². The van der Waals surface area contributed by atoms with Gasteiger partial charge in [-0.1, -0.05) is 0 Å². The Morgan fingerprint density at radius 1 is 1.20 bits per heavy atom. The second-order valence-electron chi connectivity index (χ2n) is 4.73. The van der Waals surface area contributed by atoms with Gasteiger partial charge in [0.25, 0.3) is 0 Å². The number of aliphatic imine (C=N–C) groups is 1. The summed E-state index contributed by atoms with van der Waals surface area (Å²) in [4.78, 5) is 10.8. The Bertz CT molecular complexity index is 399. The molecule has 114 valence electrons. The van der Waals surface area contributed by atoms with Crippen molar-refractivity contribution in [2.45, 2.75) is 46.0 Å². The standard InChI is InChI=1S/C14H24N4S.HI/c1-3-15-14(16-4-2)17-10-9-13-18-11-7-5-6-8-12(11)19-13;/h3-10H2,1-2H3,(H2,15,16,17);1H. The Kier molecular flexibility index (Phi) is 8.44. The summed E-state index contributed by atoms with van der Waals surface area (Å²) in [6.45, 7) is 6.78. The molecular weight excluding hydrogens is 383 g/mol. The molecule has 0 saturated heterocycles. The molecule has 0 unspecified atom stereocenters. The summed E-state index contributed by atoms with van der Waals surface area (Å²) in [5.74, 6) is 0.909. The molecule has 0 aliphatic heterocycles. The van der Waals surface area contributed by atoms with Gasteiger partial charge >= 0.3 is 0 Å². The van der Waals surface area contributed by atoms with Crippen molar-refractivity contribution in [1.82, 2.24) is 15.6 Å². The van der Waals surface area contributed by atoms with Crippen molar-refractivity contribution in [2.75, 3.05) is 19.6 Å². The molecule has 1 aromatic heterocycles. The van der Waals surface area contributed by atoms with Gasteiger partial charge in [-0.25, -0.2) is 4.98 Å². The van der Waals surface area contributed by atoms with Crippen LogP contribution in [0.3, 0.4) is 0 Å². The molecule has 6 heteroatoms. The first-order valence-electron chi connectivity index (χ1n) is 7.33. The predicted octanol–water partition coefficient (Wildman–Crippen LogP) is 2.76. The van der Waals surface area contributed by atoms with E-state index in [1.165, 1.54) is 41.3 Å². The van der Waals surface area contributed by atoms with E-state index in [2.05, 4.69) is 29.5 Å². The van der Waals surface area contributed by atoms with E-state index in [0.717, 1.165) is 32.0 Å². The number of aromatic nitrogens is 1. The first-order chi connectivity index (χ1) is 9.33. The highest BCUT2D eigenvalue weighted by Crippen LogP contribution is 2.26. The van der Waals surface area contributed by atoms with Gasteiger partial charge in [-0.15, -0.1) is 35.3 Å². The lowest BCUT2D eigenvalue weighted by atomic mass is 10.0. The molecule has 0 atom stereocenters. The van der Waals surface area contributed by atoms with Crippen molar-refractivity contribution in [3.05, 3.63) is 15.6 Å². The number of hydrogen-bond acceptors (Lipinski definition) is 3. The number of halogens is 1. The molecule has 1 heterocycles. The van der Waals surface area contributed by atoms with Crippen LogP contribution in [-0.2, 0) is 19.3 Å². The van der Waals surface area contributed by atoms with Gasteiger partial charge in [0.05, 0.1) is 10.7 Å². The molecule has 0 bridgehead atoms. The first kappa shape index (κ1) is 17.7. The third-order valence-corrected chi connectivity index (χ3v) is 4.39. The second kappa shape index (κ2) is 9.55. The normalized spacial score (nSPS) is 13.1. The molecule has 0 fully saturated rings. The fourth-order valence-corrected chi connectivity index (χ4v) is 3.43. The molecule has 2 N–H and O–H groups in total. The summed E-state index contributed by atoms with van der Waals surface area (Å²) in [5.41, 5.74) is 1.36. The van der Waals surface area contributed by atoms with Crippen LogP contribution >= 0.6 is 35.3 Å². The summed E-state index contributed by atoms with van der Waals surface area (Å²) in [5, 5.41) is 7.73. The van der Waals surface area contributed by atoms with Gasteiger partial charge < -0.3 is 10.6 Å². The van der Waals surface area contributed by atoms with Crippen molar-refractivity contribution in [2.24, 2.45) is 4.99 Å². The summed E-state index contributed by atoms with van der Waals surface area (Å²) in [7, 11) is 0. The molecule has 20 heavy (non-hydrogen) atoms. The van der Waals surface area contributed by atoms with E-state index in [0.29, 0.717) is 0 Å². The van der Waals surface area contributed by atoms with E-state index < -0.39 is 0 Å². The molecule has 4 nitrogen and oxygen atoms in total. The lowest BCUT2D eigenvalue weighted by Gasteiger charge is -2.08. The summed E-state index contributed by atoms with van der Waals surface area (Å²) < 4.78 is 0. The second-order valence-corrected chi connectivity index (χ2v) is 5.89. The smallest absolute Gasteiger partial charge is 0.191 e. The molecule has 0 saturated carbocycles. The van der Waals surface area contributed by atoms with E-state index in [-0.39, 0.29) is 24.0 Å². The zero-order valence-corrected chi connectivity index (χ0v) is 15.5. The number of rotatable bonds is 5. The SMILES string of the molecule is CCNC(=NCCc1nc2c(s1)CCCC2)NCC.I. The number of nitrogens with zero attached hydrogens (tertiary/aromatic N) is 2. The lowest BCUT2D eigenvalue weighted by Crippen LogP contribution is -2.37. The molecule has 0 radical (unpaired) electrons. The third-order valence-electron chi connectivity index (χ3n) is 3.17. The van der Waals surface area contributed by atoms with Gasteiger partial charge in [-0.2, -0.15) is 0 Å². The molecule has 1 aromatic rings. The van der Waals surface area contributed by atoms with Crippen LogP contribution in [-0.4, -0.2) is 30.6 Å². The summed E-state index contributed by atoms with van der Waals surface area (Å²) in [6, 6.07) is 0. The first-order valence-corrected chi connectivity index (χ1v) is 8.14. The fraction of sp³-hybridized carbons (Fsp3) is 0.714. The average Bonchev–Trinajstić information content (AvgIpc) is 2.82. The van der Waals surface area contributed by atoms with Crippen molar-refractivity contribution < 1.29 is 0 Å². The van der Waals surface area contributed by atoms with Gasteiger partial charge in [0.15, 0.2) is 5.96 Å². The number of nitrogens with one attached hydrogen (secondary N) is 2. The van der Waals surface area contributed by atoms with Crippen LogP contribution in [0.5, 0.6) is 0 Å². The minimum atomic E-state index is 0. The van der Waals surface area contributed by atoms with Crippen LogP contribution < -0.4 is 10.6 Å². The van der Waals surface area contributed by atoms with Gasteiger partial charge in [-0.05, 0) is 39.5 Å². The Balaban J connectivity index is 0.00000200. The van der Waals surface area contributed by atoms with Crippen molar-refractivity contribution in [3.8, 4) is 0 Å². The van der Waals surface area contributed by atoms with Crippen LogP contribution in [0, 0.1) is 0 Å². The monoisotopic (exact) mass is 408 g/mol. The number of aryl methyl sites for hydroxylation is 2. The molecular formula is C14H25IN4S. The van der Waals surface area contributed by atoms with E-state index in [4.69, 9.17) is 4.98 Å². The zero-order chi connectivity index (χ0) is 13.5. The molecule has 0 aromatic carbocycles. The Labute approximate surface area is 142 Å². The predicted molar refractivity (Wildman–Crippen MR) is 97.5 cm³/mol. The van der Waals surface area contributed by atoms with E-state index in [1.807, 2.05) is 11.3 Å².